The molecule has 0 saturated heterocycles. The molecule has 0 aliphatic heterocycles. The molecule has 0 aromatic heterocycles. The van der Waals surface area contributed by atoms with Gasteiger partial charge in [-0.25, -0.2) is 0 Å². The Morgan fingerprint density at radius 2 is 2.09 bits per heavy atom. The van der Waals surface area contributed by atoms with Gasteiger partial charge in [0, 0.05) is 6.08 Å². The van der Waals surface area contributed by atoms with Crippen molar-refractivity contribution in [1.82, 2.24) is 0 Å². The van der Waals surface area contributed by atoms with Gasteiger partial charge >= 0.3 is 0 Å². The Morgan fingerprint density at radius 1 is 1.36 bits per heavy atom. The summed E-state index contributed by atoms with van der Waals surface area (Å²) in [6, 6.07) is 0. The zero-order chi connectivity index (χ0) is 8.27. The first-order chi connectivity index (χ1) is 5.27. The van der Waals surface area contributed by atoms with E-state index in [4.69, 9.17) is 9.47 Å². The SMILES string of the molecule is C=C1CC=C(OC)C=C1OC. The molecule has 2 heteroatoms. The zero-order valence-electron chi connectivity index (χ0n) is 6.89. The van der Waals surface area contributed by atoms with Crippen LogP contribution in [0, 0.1) is 0 Å². The quantitative estimate of drug-likeness (QED) is 0.602. The summed E-state index contributed by atoms with van der Waals surface area (Å²) >= 11 is 0. The predicted octanol–water partition coefficient (Wildman–Crippen LogP) is 2.01. The van der Waals surface area contributed by atoms with E-state index in [-0.39, 0.29) is 0 Å². The first kappa shape index (κ1) is 7.92. The average molecular weight is 152 g/mol. The molecule has 0 atom stereocenters. The highest BCUT2D eigenvalue weighted by atomic mass is 16.5. The summed E-state index contributed by atoms with van der Waals surface area (Å²) in [6.07, 6.45) is 4.62. The Morgan fingerprint density at radius 3 is 2.64 bits per heavy atom. The van der Waals surface area contributed by atoms with Gasteiger partial charge in [-0.3, -0.25) is 0 Å². The monoisotopic (exact) mass is 152 g/mol. The van der Waals surface area contributed by atoms with E-state index in [1.54, 1.807) is 14.2 Å². The summed E-state index contributed by atoms with van der Waals surface area (Å²) in [5.41, 5.74) is 0.994. The third kappa shape index (κ3) is 1.64. The van der Waals surface area contributed by atoms with Crippen molar-refractivity contribution in [3.05, 3.63) is 35.8 Å². The molecule has 0 unspecified atom stereocenters. The highest BCUT2D eigenvalue weighted by Gasteiger charge is 2.08. The summed E-state index contributed by atoms with van der Waals surface area (Å²) < 4.78 is 10.1. The molecule has 0 radical (unpaired) electrons. The molecule has 0 heterocycles. The molecular formula is C9H12O2. The lowest BCUT2D eigenvalue weighted by Gasteiger charge is -2.13. The van der Waals surface area contributed by atoms with Crippen LogP contribution in [0.25, 0.3) is 0 Å². The standard InChI is InChI=1S/C9H12O2/c1-7-4-5-8(10-2)6-9(7)11-3/h5-6H,1,4H2,2-3H3. The minimum absolute atomic E-state index is 0.808. The van der Waals surface area contributed by atoms with E-state index >= 15 is 0 Å². The molecule has 2 nitrogen and oxygen atoms in total. The van der Waals surface area contributed by atoms with Crippen LogP contribution in [0.15, 0.2) is 35.8 Å². The topological polar surface area (TPSA) is 18.5 Å². The van der Waals surface area contributed by atoms with Crippen LogP contribution in [0.4, 0.5) is 0 Å². The molecule has 0 aromatic carbocycles. The molecule has 0 saturated carbocycles. The van der Waals surface area contributed by atoms with Crippen molar-refractivity contribution in [3.8, 4) is 0 Å². The first-order valence-electron chi connectivity index (χ1n) is 3.46. The van der Waals surface area contributed by atoms with Crippen LogP contribution < -0.4 is 0 Å². The van der Waals surface area contributed by atoms with Gasteiger partial charge in [-0.1, -0.05) is 6.58 Å². The fourth-order valence-electron chi connectivity index (χ4n) is 0.960. The Balaban J connectivity index is 2.80. The minimum atomic E-state index is 0.808. The number of allylic oxidation sites excluding steroid dienone is 3. The van der Waals surface area contributed by atoms with Crippen molar-refractivity contribution >= 4 is 0 Å². The van der Waals surface area contributed by atoms with E-state index in [2.05, 4.69) is 6.58 Å². The second-order valence-electron chi connectivity index (χ2n) is 2.33. The van der Waals surface area contributed by atoms with E-state index < -0.39 is 0 Å². The maximum absolute atomic E-state index is 5.08. The zero-order valence-corrected chi connectivity index (χ0v) is 6.89. The van der Waals surface area contributed by atoms with Gasteiger partial charge in [0.05, 0.1) is 14.2 Å². The van der Waals surface area contributed by atoms with Crippen molar-refractivity contribution in [1.29, 1.82) is 0 Å². The summed E-state index contributed by atoms with van der Waals surface area (Å²) in [5, 5.41) is 0. The number of ether oxygens (including phenoxy) is 2. The summed E-state index contributed by atoms with van der Waals surface area (Å²) in [4.78, 5) is 0. The van der Waals surface area contributed by atoms with Crippen LogP contribution in [-0.4, -0.2) is 14.2 Å². The molecule has 1 rings (SSSR count). The smallest absolute Gasteiger partial charge is 0.125 e. The lowest BCUT2D eigenvalue weighted by Crippen LogP contribution is -1.98. The van der Waals surface area contributed by atoms with Gasteiger partial charge in [-0.05, 0) is 18.1 Å². The molecular weight excluding hydrogens is 140 g/mol. The highest BCUT2D eigenvalue weighted by molar-refractivity contribution is 5.35. The Bertz CT molecular complexity index is 224. The number of rotatable bonds is 2. The van der Waals surface area contributed by atoms with E-state index in [1.807, 2.05) is 12.2 Å². The largest absolute Gasteiger partial charge is 0.497 e. The molecule has 0 bridgehead atoms. The van der Waals surface area contributed by atoms with Gasteiger partial charge < -0.3 is 9.47 Å². The van der Waals surface area contributed by atoms with Crippen molar-refractivity contribution < 1.29 is 9.47 Å². The number of hydrogen-bond acceptors (Lipinski definition) is 2. The molecule has 11 heavy (non-hydrogen) atoms. The van der Waals surface area contributed by atoms with Crippen LogP contribution >= 0.6 is 0 Å². The van der Waals surface area contributed by atoms with Crippen molar-refractivity contribution in [2.24, 2.45) is 0 Å². The van der Waals surface area contributed by atoms with E-state index in [1.165, 1.54) is 0 Å². The molecule has 1 aliphatic carbocycles. The second-order valence-corrected chi connectivity index (χ2v) is 2.33. The molecule has 1 aliphatic rings. The lowest BCUT2D eigenvalue weighted by molar-refractivity contribution is 0.275. The molecule has 0 spiro atoms. The highest BCUT2D eigenvalue weighted by Crippen LogP contribution is 2.21. The van der Waals surface area contributed by atoms with Gasteiger partial charge in [-0.15, -0.1) is 0 Å². The summed E-state index contributed by atoms with van der Waals surface area (Å²) in [7, 11) is 3.28. The van der Waals surface area contributed by atoms with Crippen molar-refractivity contribution in [3.63, 3.8) is 0 Å². The maximum atomic E-state index is 5.08. The average Bonchev–Trinajstić information content (AvgIpc) is 2.05. The van der Waals surface area contributed by atoms with Crippen LogP contribution in [0.1, 0.15) is 6.42 Å². The minimum Gasteiger partial charge on any atom is -0.497 e. The number of methoxy groups -OCH3 is 2. The van der Waals surface area contributed by atoms with Crippen molar-refractivity contribution in [2.75, 3.05) is 14.2 Å². The number of hydrogen-bond donors (Lipinski definition) is 0. The first-order valence-corrected chi connectivity index (χ1v) is 3.46. The van der Waals surface area contributed by atoms with E-state index in [0.717, 1.165) is 23.5 Å². The molecule has 0 aromatic rings. The molecule has 60 valence electrons. The second kappa shape index (κ2) is 3.28. The van der Waals surface area contributed by atoms with Gasteiger partial charge in [0.1, 0.15) is 11.5 Å². The maximum Gasteiger partial charge on any atom is 0.125 e. The van der Waals surface area contributed by atoms with E-state index in [9.17, 15) is 0 Å². The van der Waals surface area contributed by atoms with Crippen LogP contribution in [0.3, 0.4) is 0 Å². The summed E-state index contributed by atoms with van der Waals surface area (Å²) in [5.74, 6) is 1.65. The van der Waals surface area contributed by atoms with E-state index in [0.29, 0.717) is 0 Å². The summed E-state index contributed by atoms with van der Waals surface area (Å²) in [6.45, 7) is 3.84. The third-order valence-electron chi connectivity index (χ3n) is 1.63. The third-order valence-corrected chi connectivity index (χ3v) is 1.63. The van der Waals surface area contributed by atoms with Gasteiger partial charge in [-0.2, -0.15) is 0 Å². The Kier molecular flexibility index (Phi) is 2.36. The van der Waals surface area contributed by atoms with Crippen LogP contribution in [0.2, 0.25) is 0 Å². The molecule has 0 N–H and O–H groups in total. The Labute approximate surface area is 66.8 Å². The normalized spacial score (nSPS) is 17.1. The molecule has 0 fully saturated rings. The van der Waals surface area contributed by atoms with Crippen LogP contribution in [0.5, 0.6) is 0 Å². The Hall–Kier alpha value is -1.18. The van der Waals surface area contributed by atoms with Gasteiger partial charge in [0.15, 0.2) is 0 Å². The van der Waals surface area contributed by atoms with Crippen molar-refractivity contribution in [2.45, 2.75) is 6.42 Å². The fourth-order valence-corrected chi connectivity index (χ4v) is 0.960. The molecule has 0 amide bonds. The lowest BCUT2D eigenvalue weighted by atomic mass is 10.1. The van der Waals surface area contributed by atoms with Crippen LogP contribution in [-0.2, 0) is 9.47 Å². The van der Waals surface area contributed by atoms with Gasteiger partial charge in [0.2, 0.25) is 0 Å². The fraction of sp³-hybridized carbons (Fsp3) is 0.333. The predicted molar refractivity (Wildman–Crippen MR) is 43.9 cm³/mol. The van der Waals surface area contributed by atoms with Gasteiger partial charge in [0.25, 0.3) is 0 Å².